The number of aromatic nitrogens is 3. The molecule has 6 heteroatoms. The van der Waals surface area contributed by atoms with E-state index in [2.05, 4.69) is 50.7 Å². The van der Waals surface area contributed by atoms with E-state index in [9.17, 15) is 0 Å². The Labute approximate surface area is 180 Å². The van der Waals surface area contributed by atoms with Crippen LogP contribution in [0.25, 0.3) is 10.9 Å². The molecule has 0 unspecified atom stereocenters. The van der Waals surface area contributed by atoms with Crippen LogP contribution in [0.2, 0.25) is 0 Å². The Bertz CT molecular complexity index is 1310. The second-order valence-electron chi connectivity index (χ2n) is 7.21. The maximum absolute atomic E-state index is 5.83. The quantitative estimate of drug-likeness (QED) is 0.298. The molecule has 5 rings (SSSR count). The van der Waals surface area contributed by atoms with E-state index in [1.807, 2.05) is 66.7 Å². The molecule has 0 amide bonds. The average Bonchev–Trinajstić information content (AvgIpc) is 3.15. The van der Waals surface area contributed by atoms with Gasteiger partial charge in [0, 0.05) is 34.2 Å². The van der Waals surface area contributed by atoms with Gasteiger partial charge >= 0.3 is 0 Å². The second kappa shape index (κ2) is 8.20. The third-order valence-electron chi connectivity index (χ3n) is 4.77. The van der Waals surface area contributed by atoms with Crippen LogP contribution in [0.4, 0.5) is 23.1 Å². The van der Waals surface area contributed by atoms with E-state index in [0.717, 1.165) is 39.5 Å². The van der Waals surface area contributed by atoms with Gasteiger partial charge in [-0.3, -0.25) is 0 Å². The third-order valence-corrected chi connectivity index (χ3v) is 4.77. The molecule has 0 atom stereocenters. The van der Waals surface area contributed by atoms with Gasteiger partial charge in [0.15, 0.2) is 0 Å². The Hall–Kier alpha value is -4.32. The van der Waals surface area contributed by atoms with Crippen LogP contribution in [0, 0.1) is 6.92 Å². The zero-order valence-corrected chi connectivity index (χ0v) is 17.0. The van der Waals surface area contributed by atoms with Gasteiger partial charge in [-0.1, -0.05) is 18.2 Å². The molecule has 31 heavy (non-hydrogen) atoms. The van der Waals surface area contributed by atoms with E-state index >= 15 is 0 Å². The number of benzene rings is 3. The molecule has 3 N–H and O–H groups in total. The summed E-state index contributed by atoms with van der Waals surface area (Å²) in [5, 5.41) is 7.73. The lowest BCUT2D eigenvalue weighted by atomic mass is 10.2. The van der Waals surface area contributed by atoms with E-state index < -0.39 is 0 Å². The average molecular weight is 407 g/mol. The number of hydrogen-bond donors (Lipinski definition) is 3. The summed E-state index contributed by atoms with van der Waals surface area (Å²) in [6.45, 7) is 2.05. The zero-order chi connectivity index (χ0) is 21.0. The van der Waals surface area contributed by atoms with Crippen molar-refractivity contribution in [3.8, 4) is 11.5 Å². The standard InChI is InChI=1S/C25H21N5O/c1-17-15-18-16-20(9-12-23(18)27-17)28-24-13-14-26-25(30-24)29-19-7-10-22(11-8-19)31-21-5-3-2-4-6-21/h2-16,27H,1H3,(H2,26,28,29,30). The van der Waals surface area contributed by atoms with Crippen LogP contribution < -0.4 is 15.4 Å². The summed E-state index contributed by atoms with van der Waals surface area (Å²) in [5.41, 5.74) is 4.11. The molecule has 0 aliphatic carbocycles. The number of nitrogens with zero attached hydrogens (tertiary/aromatic N) is 2. The molecule has 0 aliphatic heterocycles. The summed E-state index contributed by atoms with van der Waals surface area (Å²) in [4.78, 5) is 12.2. The first kappa shape index (κ1) is 18.7. The fourth-order valence-corrected chi connectivity index (χ4v) is 3.35. The van der Waals surface area contributed by atoms with E-state index in [4.69, 9.17) is 4.74 Å². The van der Waals surface area contributed by atoms with Crippen LogP contribution in [-0.4, -0.2) is 15.0 Å². The first-order valence-corrected chi connectivity index (χ1v) is 10.0. The molecule has 0 spiro atoms. The van der Waals surface area contributed by atoms with Crippen molar-refractivity contribution < 1.29 is 4.74 Å². The van der Waals surface area contributed by atoms with Gasteiger partial charge in [-0.05, 0) is 73.7 Å². The number of aromatic amines is 1. The number of ether oxygens (including phenoxy) is 1. The maximum Gasteiger partial charge on any atom is 0.229 e. The number of H-pyrrole nitrogens is 1. The minimum Gasteiger partial charge on any atom is -0.457 e. The number of rotatable bonds is 6. The zero-order valence-electron chi connectivity index (χ0n) is 17.0. The highest BCUT2D eigenvalue weighted by molar-refractivity contribution is 5.84. The van der Waals surface area contributed by atoms with E-state index in [1.54, 1.807) is 6.20 Å². The molecule has 0 aliphatic rings. The lowest BCUT2D eigenvalue weighted by Crippen LogP contribution is -2.00. The highest BCUT2D eigenvalue weighted by atomic mass is 16.5. The number of anilines is 4. The largest absolute Gasteiger partial charge is 0.457 e. The maximum atomic E-state index is 5.83. The summed E-state index contributed by atoms with van der Waals surface area (Å²) in [6.07, 6.45) is 1.73. The molecule has 0 fully saturated rings. The van der Waals surface area contributed by atoms with Crippen molar-refractivity contribution in [2.45, 2.75) is 6.92 Å². The molecule has 2 aromatic heterocycles. The first-order valence-electron chi connectivity index (χ1n) is 10.0. The Morgan fingerprint density at radius 2 is 1.55 bits per heavy atom. The first-order chi connectivity index (χ1) is 15.2. The van der Waals surface area contributed by atoms with Crippen molar-refractivity contribution in [1.82, 2.24) is 15.0 Å². The Kier molecular flexibility index (Phi) is 4.94. The van der Waals surface area contributed by atoms with Crippen molar-refractivity contribution in [2.75, 3.05) is 10.6 Å². The highest BCUT2D eigenvalue weighted by Crippen LogP contribution is 2.25. The van der Waals surface area contributed by atoms with Crippen molar-refractivity contribution in [3.63, 3.8) is 0 Å². The number of aryl methyl sites for hydroxylation is 1. The number of nitrogens with one attached hydrogen (secondary N) is 3. The molecule has 3 aromatic carbocycles. The summed E-state index contributed by atoms with van der Waals surface area (Å²) in [7, 11) is 0. The molecule has 5 aromatic rings. The van der Waals surface area contributed by atoms with Gasteiger partial charge in [-0.25, -0.2) is 4.98 Å². The van der Waals surface area contributed by atoms with Gasteiger partial charge < -0.3 is 20.4 Å². The Morgan fingerprint density at radius 1 is 0.774 bits per heavy atom. The number of hydrogen-bond acceptors (Lipinski definition) is 5. The summed E-state index contributed by atoms with van der Waals surface area (Å²) >= 11 is 0. The van der Waals surface area contributed by atoms with Crippen LogP contribution in [0.5, 0.6) is 11.5 Å². The fourth-order valence-electron chi connectivity index (χ4n) is 3.35. The topological polar surface area (TPSA) is 74.9 Å². The molecule has 0 saturated carbocycles. The highest BCUT2D eigenvalue weighted by Gasteiger charge is 2.04. The van der Waals surface area contributed by atoms with Crippen LogP contribution in [0.3, 0.4) is 0 Å². The molecular weight excluding hydrogens is 386 g/mol. The Morgan fingerprint density at radius 3 is 2.39 bits per heavy atom. The van der Waals surface area contributed by atoms with Crippen LogP contribution >= 0.6 is 0 Å². The fraction of sp³-hybridized carbons (Fsp3) is 0.0400. The van der Waals surface area contributed by atoms with Crippen molar-refractivity contribution in [3.05, 3.63) is 96.8 Å². The molecule has 0 radical (unpaired) electrons. The summed E-state index contributed by atoms with van der Waals surface area (Å²) < 4.78 is 5.83. The molecular formula is C25H21N5O. The SMILES string of the molecule is Cc1cc2cc(Nc3ccnc(Nc4ccc(Oc5ccccc5)cc4)n3)ccc2[nH]1. The van der Waals surface area contributed by atoms with Gasteiger partial charge in [0.05, 0.1) is 0 Å². The second-order valence-corrected chi connectivity index (χ2v) is 7.21. The molecule has 6 nitrogen and oxygen atoms in total. The minimum atomic E-state index is 0.514. The lowest BCUT2D eigenvalue weighted by molar-refractivity contribution is 0.483. The van der Waals surface area contributed by atoms with Crippen molar-refractivity contribution in [1.29, 1.82) is 0 Å². The van der Waals surface area contributed by atoms with Crippen LogP contribution in [0.15, 0.2) is 91.1 Å². The van der Waals surface area contributed by atoms with Crippen LogP contribution in [-0.2, 0) is 0 Å². The third kappa shape index (κ3) is 4.48. The number of fused-ring (bicyclic) bond motifs is 1. The predicted molar refractivity (Wildman–Crippen MR) is 125 cm³/mol. The summed E-state index contributed by atoms with van der Waals surface area (Å²) in [6, 6.07) is 27.5. The van der Waals surface area contributed by atoms with Gasteiger partial charge in [-0.2, -0.15) is 4.98 Å². The monoisotopic (exact) mass is 407 g/mol. The minimum absolute atomic E-state index is 0.514. The molecule has 152 valence electrons. The van der Waals surface area contributed by atoms with Crippen molar-refractivity contribution >= 4 is 34.0 Å². The van der Waals surface area contributed by atoms with Gasteiger partial charge in [-0.15, -0.1) is 0 Å². The smallest absolute Gasteiger partial charge is 0.229 e. The van der Waals surface area contributed by atoms with Gasteiger partial charge in [0.2, 0.25) is 5.95 Å². The van der Waals surface area contributed by atoms with Crippen molar-refractivity contribution in [2.24, 2.45) is 0 Å². The molecule has 0 saturated heterocycles. The summed E-state index contributed by atoms with van der Waals surface area (Å²) in [5.74, 6) is 2.80. The lowest BCUT2D eigenvalue weighted by Gasteiger charge is -2.10. The van der Waals surface area contributed by atoms with E-state index in [1.165, 1.54) is 0 Å². The van der Waals surface area contributed by atoms with E-state index in [0.29, 0.717) is 11.8 Å². The normalized spacial score (nSPS) is 10.7. The van der Waals surface area contributed by atoms with Gasteiger partial charge in [0.1, 0.15) is 17.3 Å². The van der Waals surface area contributed by atoms with Crippen LogP contribution in [0.1, 0.15) is 5.69 Å². The van der Waals surface area contributed by atoms with Gasteiger partial charge in [0.25, 0.3) is 0 Å². The Balaban J connectivity index is 1.27. The molecule has 0 bridgehead atoms. The molecule has 2 heterocycles. The van der Waals surface area contributed by atoms with E-state index in [-0.39, 0.29) is 0 Å². The number of para-hydroxylation sites is 1. The predicted octanol–water partition coefficient (Wildman–Crippen LogP) is 6.55.